The van der Waals surface area contributed by atoms with Crippen LogP contribution in [0.2, 0.25) is 0 Å². The SMILES string of the molecule is C[C@@H](Cc1ccsc1)N(C)C(=O)CSc1nnc2ccccn12. The molecule has 0 aliphatic rings. The molecule has 0 N–H and O–H groups in total. The highest BCUT2D eigenvalue weighted by molar-refractivity contribution is 7.99. The Balaban J connectivity index is 1.58. The number of hydrogen-bond acceptors (Lipinski definition) is 5. The summed E-state index contributed by atoms with van der Waals surface area (Å²) < 4.78 is 1.90. The van der Waals surface area contributed by atoms with E-state index in [1.54, 1.807) is 11.3 Å². The third-order valence-electron chi connectivity index (χ3n) is 3.77. The Morgan fingerprint density at radius 1 is 1.39 bits per heavy atom. The van der Waals surface area contributed by atoms with Gasteiger partial charge in [0.05, 0.1) is 5.75 Å². The van der Waals surface area contributed by atoms with Crippen molar-refractivity contribution in [2.45, 2.75) is 24.5 Å². The van der Waals surface area contributed by atoms with Gasteiger partial charge in [0, 0.05) is 19.3 Å². The Morgan fingerprint density at radius 2 is 2.26 bits per heavy atom. The van der Waals surface area contributed by atoms with Crippen molar-refractivity contribution >= 4 is 34.7 Å². The number of thiophene rings is 1. The molecule has 3 heterocycles. The van der Waals surface area contributed by atoms with Gasteiger partial charge in [-0.2, -0.15) is 11.3 Å². The van der Waals surface area contributed by atoms with E-state index in [1.807, 2.05) is 40.7 Å². The van der Waals surface area contributed by atoms with Crippen molar-refractivity contribution in [3.05, 3.63) is 46.8 Å². The minimum atomic E-state index is 0.102. The Kier molecular flexibility index (Phi) is 4.97. The molecule has 0 fully saturated rings. The van der Waals surface area contributed by atoms with Gasteiger partial charge in [-0.05, 0) is 47.9 Å². The van der Waals surface area contributed by atoms with E-state index in [2.05, 4.69) is 33.9 Å². The van der Waals surface area contributed by atoms with Crippen LogP contribution in [0.4, 0.5) is 0 Å². The van der Waals surface area contributed by atoms with Gasteiger partial charge in [-0.3, -0.25) is 9.20 Å². The summed E-state index contributed by atoms with van der Waals surface area (Å²) >= 11 is 3.10. The number of fused-ring (bicyclic) bond motifs is 1. The second-order valence-corrected chi connectivity index (χ2v) is 7.11. The van der Waals surface area contributed by atoms with Crippen LogP contribution in [-0.4, -0.2) is 44.2 Å². The van der Waals surface area contributed by atoms with E-state index in [0.717, 1.165) is 17.2 Å². The maximum absolute atomic E-state index is 12.4. The molecule has 0 saturated carbocycles. The van der Waals surface area contributed by atoms with E-state index in [1.165, 1.54) is 17.3 Å². The summed E-state index contributed by atoms with van der Waals surface area (Å²) in [6.45, 7) is 2.08. The van der Waals surface area contributed by atoms with Gasteiger partial charge in [0.2, 0.25) is 5.91 Å². The minimum absolute atomic E-state index is 0.102. The largest absolute Gasteiger partial charge is 0.342 e. The Hall–Kier alpha value is -1.86. The first-order valence-corrected chi connectivity index (χ1v) is 9.27. The fourth-order valence-corrected chi connectivity index (χ4v) is 3.81. The number of nitrogens with zero attached hydrogens (tertiary/aromatic N) is 4. The van der Waals surface area contributed by atoms with Crippen LogP contribution in [0.1, 0.15) is 12.5 Å². The highest BCUT2D eigenvalue weighted by Gasteiger charge is 2.17. The summed E-state index contributed by atoms with van der Waals surface area (Å²) in [6.07, 6.45) is 2.79. The summed E-state index contributed by atoms with van der Waals surface area (Å²) in [7, 11) is 1.86. The van der Waals surface area contributed by atoms with E-state index in [0.29, 0.717) is 5.75 Å². The van der Waals surface area contributed by atoms with Gasteiger partial charge in [0.1, 0.15) is 0 Å². The van der Waals surface area contributed by atoms with Crippen LogP contribution in [-0.2, 0) is 11.2 Å². The highest BCUT2D eigenvalue weighted by atomic mass is 32.2. The molecule has 3 rings (SSSR count). The molecule has 0 spiro atoms. The predicted molar refractivity (Wildman–Crippen MR) is 94.0 cm³/mol. The molecule has 0 aliphatic carbocycles. The molecule has 0 unspecified atom stereocenters. The second-order valence-electron chi connectivity index (χ2n) is 5.39. The third kappa shape index (κ3) is 3.73. The molecule has 120 valence electrons. The third-order valence-corrected chi connectivity index (χ3v) is 5.43. The molecule has 23 heavy (non-hydrogen) atoms. The molecule has 0 aliphatic heterocycles. The molecule has 0 aromatic carbocycles. The first kappa shape index (κ1) is 16.0. The number of rotatable bonds is 6. The molecule has 0 radical (unpaired) electrons. The van der Waals surface area contributed by atoms with E-state index >= 15 is 0 Å². The maximum Gasteiger partial charge on any atom is 0.233 e. The van der Waals surface area contributed by atoms with Crippen molar-refractivity contribution in [3.63, 3.8) is 0 Å². The fraction of sp³-hybridized carbons (Fsp3) is 0.312. The van der Waals surface area contributed by atoms with Crippen LogP contribution in [0.3, 0.4) is 0 Å². The molecular formula is C16H18N4OS2. The second kappa shape index (κ2) is 7.14. The molecule has 7 heteroatoms. The van der Waals surface area contributed by atoms with Crippen LogP contribution in [0, 0.1) is 0 Å². The first-order valence-electron chi connectivity index (χ1n) is 7.34. The van der Waals surface area contributed by atoms with Crippen molar-refractivity contribution in [1.82, 2.24) is 19.5 Å². The molecule has 0 saturated heterocycles. The van der Waals surface area contributed by atoms with Gasteiger partial charge >= 0.3 is 0 Å². The van der Waals surface area contributed by atoms with Gasteiger partial charge in [-0.1, -0.05) is 17.8 Å². The zero-order chi connectivity index (χ0) is 16.2. The standard InChI is InChI=1S/C16H18N4OS2/c1-12(9-13-6-8-22-10-13)19(2)15(21)11-23-16-18-17-14-5-3-4-7-20(14)16/h3-8,10,12H,9,11H2,1-2H3/t12-/m0/s1. The van der Waals surface area contributed by atoms with Gasteiger partial charge in [0.15, 0.2) is 10.8 Å². The van der Waals surface area contributed by atoms with Crippen LogP contribution < -0.4 is 0 Å². The van der Waals surface area contributed by atoms with Gasteiger partial charge in [-0.15, -0.1) is 10.2 Å². The summed E-state index contributed by atoms with van der Waals surface area (Å²) in [5.41, 5.74) is 2.07. The number of likely N-dealkylation sites (N-methyl/N-ethyl adjacent to an activating group) is 1. The van der Waals surface area contributed by atoms with Crippen LogP contribution in [0.25, 0.3) is 5.65 Å². The number of hydrogen-bond donors (Lipinski definition) is 0. The Bertz CT molecular complexity index is 784. The summed E-state index contributed by atoms with van der Waals surface area (Å²) in [6, 6.07) is 8.03. The van der Waals surface area contributed by atoms with Gasteiger partial charge < -0.3 is 4.90 Å². The van der Waals surface area contributed by atoms with Crippen LogP contribution in [0.5, 0.6) is 0 Å². The Morgan fingerprint density at radius 3 is 3.04 bits per heavy atom. The minimum Gasteiger partial charge on any atom is -0.342 e. The van der Waals surface area contributed by atoms with Crippen molar-refractivity contribution < 1.29 is 4.79 Å². The summed E-state index contributed by atoms with van der Waals surface area (Å²) in [4.78, 5) is 14.2. The number of carbonyl (C=O) groups is 1. The lowest BCUT2D eigenvalue weighted by atomic mass is 10.1. The molecule has 0 bridgehead atoms. The normalized spacial score (nSPS) is 12.4. The Labute approximate surface area is 143 Å². The molecule has 1 amide bonds. The van der Waals surface area contributed by atoms with Crippen LogP contribution in [0.15, 0.2) is 46.4 Å². The zero-order valence-corrected chi connectivity index (χ0v) is 14.7. The molecule has 3 aromatic rings. The lowest BCUT2D eigenvalue weighted by molar-refractivity contribution is -0.128. The molecule has 3 aromatic heterocycles. The average Bonchev–Trinajstić information content (AvgIpc) is 3.21. The van der Waals surface area contributed by atoms with Crippen molar-refractivity contribution in [1.29, 1.82) is 0 Å². The monoisotopic (exact) mass is 346 g/mol. The van der Waals surface area contributed by atoms with E-state index in [-0.39, 0.29) is 11.9 Å². The van der Waals surface area contributed by atoms with Crippen LogP contribution >= 0.6 is 23.1 Å². The lowest BCUT2D eigenvalue weighted by Crippen LogP contribution is -2.37. The maximum atomic E-state index is 12.4. The topological polar surface area (TPSA) is 50.5 Å². The quantitative estimate of drug-likeness (QED) is 0.644. The summed E-state index contributed by atoms with van der Waals surface area (Å²) in [5.74, 6) is 0.464. The van der Waals surface area contributed by atoms with Crippen molar-refractivity contribution in [2.24, 2.45) is 0 Å². The first-order chi connectivity index (χ1) is 11.1. The smallest absolute Gasteiger partial charge is 0.233 e. The van der Waals surface area contributed by atoms with Gasteiger partial charge in [-0.25, -0.2) is 0 Å². The predicted octanol–water partition coefficient (Wildman–Crippen LogP) is 2.97. The zero-order valence-electron chi connectivity index (χ0n) is 13.0. The average molecular weight is 346 g/mol. The van der Waals surface area contributed by atoms with Crippen molar-refractivity contribution in [2.75, 3.05) is 12.8 Å². The highest BCUT2D eigenvalue weighted by Crippen LogP contribution is 2.18. The molecular weight excluding hydrogens is 328 g/mol. The van der Waals surface area contributed by atoms with E-state index in [9.17, 15) is 4.79 Å². The molecule has 1 atom stereocenters. The van der Waals surface area contributed by atoms with E-state index < -0.39 is 0 Å². The fourth-order valence-electron chi connectivity index (χ4n) is 2.28. The number of thioether (sulfide) groups is 1. The summed E-state index contributed by atoms with van der Waals surface area (Å²) in [5, 5.41) is 13.2. The number of amides is 1. The molecule has 5 nitrogen and oxygen atoms in total. The van der Waals surface area contributed by atoms with Crippen molar-refractivity contribution in [3.8, 4) is 0 Å². The number of aromatic nitrogens is 3. The number of pyridine rings is 1. The van der Waals surface area contributed by atoms with Gasteiger partial charge in [0.25, 0.3) is 0 Å². The lowest BCUT2D eigenvalue weighted by Gasteiger charge is -2.24. The van der Waals surface area contributed by atoms with E-state index in [4.69, 9.17) is 0 Å². The number of carbonyl (C=O) groups excluding carboxylic acids is 1.